The van der Waals surface area contributed by atoms with E-state index in [2.05, 4.69) is 24.9 Å². The molecule has 1 aliphatic heterocycles. The second-order valence-electron chi connectivity index (χ2n) is 13.4. The number of nitriles is 1. The van der Waals surface area contributed by atoms with Crippen LogP contribution in [-0.2, 0) is 16.6 Å². The topological polar surface area (TPSA) is 164 Å². The van der Waals surface area contributed by atoms with Gasteiger partial charge in [0.2, 0.25) is 11.8 Å². The average Bonchev–Trinajstić information content (AvgIpc) is 3.46. The standard InChI is InChI=1S/C36H47N7O2/c1-22-6-12-29(13-7-22)42-35(40)36(19-23(2)41-21-33(44)43-16-4-5-30(43)20-37)31-14-10-25(24(3)38)17-26(31)8-9-27-18-28(34(39)45)11-15-32(27)36/h6-7,11-13,15,18,23,25-26,30-31,41H,3-5,8-10,14,16-17,19,21,38H2,1-2H3,(H2,39,45)(H2,40,42)/t23-,25?,26+,30?,31?,36?/m1/s1. The first-order chi connectivity index (χ1) is 21.5. The van der Waals surface area contributed by atoms with E-state index < -0.39 is 11.3 Å². The van der Waals surface area contributed by atoms with Gasteiger partial charge in [-0.3, -0.25) is 9.59 Å². The number of nitrogens with one attached hydrogen (secondary N) is 1. The van der Waals surface area contributed by atoms with Crippen LogP contribution in [0.25, 0.3) is 0 Å². The van der Waals surface area contributed by atoms with Crippen molar-refractivity contribution >= 4 is 23.3 Å². The number of hydrogen-bond acceptors (Lipinski definition) is 6. The molecular weight excluding hydrogens is 562 g/mol. The fourth-order valence-electron chi connectivity index (χ4n) is 8.17. The van der Waals surface area contributed by atoms with Crippen molar-refractivity contribution in [2.24, 2.45) is 39.9 Å². The van der Waals surface area contributed by atoms with Crippen molar-refractivity contribution in [1.82, 2.24) is 10.2 Å². The first kappa shape index (κ1) is 32.2. The van der Waals surface area contributed by atoms with Gasteiger partial charge in [0.1, 0.15) is 11.9 Å². The molecule has 238 valence electrons. The number of carbonyl (C=O) groups is 2. The molecule has 2 fully saturated rings. The van der Waals surface area contributed by atoms with Crippen molar-refractivity contribution in [3.63, 3.8) is 0 Å². The number of allylic oxidation sites excluding steroid dienone is 1. The number of rotatable bonds is 9. The molecule has 1 saturated heterocycles. The molecule has 0 bridgehead atoms. The second kappa shape index (κ2) is 13.5. The fraction of sp³-hybridized carbons (Fsp3) is 0.500. The van der Waals surface area contributed by atoms with Gasteiger partial charge in [-0.15, -0.1) is 0 Å². The van der Waals surface area contributed by atoms with Crippen molar-refractivity contribution in [2.75, 3.05) is 13.1 Å². The summed E-state index contributed by atoms with van der Waals surface area (Å²) in [6, 6.07) is 15.6. The Morgan fingerprint density at radius 3 is 2.58 bits per heavy atom. The Morgan fingerprint density at radius 1 is 1.13 bits per heavy atom. The Kier molecular flexibility index (Phi) is 9.64. The van der Waals surface area contributed by atoms with Gasteiger partial charge in [-0.1, -0.05) is 30.3 Å². The molecule has 9 heteroatoms. The van der Waals surface area contributed by atoms with E-state index in [-0.39, 0.29) is 36.4 Å². The maximum Gasteiger partial charge on any atom is 0.248 e. The molecular formula is C36H47N7O2. The molecule has 1 saturated carbocycles. The molecule has 2 aromatic carbocycles. The Labute approximate surface area is 266 Å². The van der Waals surface area contributed by atoms with Crippen molar-refractivity contribution in [3.8, 4) is 6.07 Å². The third kappa shape index (κ3) is 6.62. The van der Waals surface area contributed by atoms with Gasteiger partial charge in [0.15, 0.2) is 0 Å². The van der Waals surface area contributed by atoms with E-state index in [0.717, 1.165) is 73.0 Å². The van der Waals surface area contributed by atoms with Crippen LogP contribution in [-0.4, -0.2) is 47.7 Å². The molecule has 3 aliphatic rings. The molecule has 2 amide bonds. The third-order valence-corrected chi connectivity index (χ3v) is 10.5. The predicted molar refractivity (Wildman–Crippen MR) is 177 cm³/mol. The highest BCUT2D eigenvalue weighted by Crippen LogP contribution is 2.53. The third-order valence-electron chi connectivity index (χ3n) is 10.5. The molecule has 1 heterocycles. The highest BCUT2D eigenvalue weighted by atomic mass is 16.2. The lowest BCUT2D eigenvalue weighted by Crippen LogP contribution is -2.54. The van der Waals surface area contributed by atoms with Gasteiger partial charge in [-0.2, -0.15) is 5.26 Å². The number of nitrogens with two attached hydrogens (primary N) is 3. The minimum absolute atomic E-state index is 0.0616. The summed E-state index contributed by atoms with van der Waals surface area (Å²) in [7, 11) is 0. The van der Waals surface area contributed by atoms with E-state index in [1.165, 1.54) is 0 Å². The smallest absolute Gasteiger partial charge is 0.248 e. The molecule has 2 aliphatic carbocycles. The Bertz CT molecular complexity index is 1510. The van der Waals surface area contributed by atoms with Crippen LogP contribution >= 0.6 is 0 Å². The SMILES string of the molecule is C=C(N)C1CCC2[C@@H](CCc3cc(C(N)=O)ccc3C2(C[C@@H](C)NCC(=O)N2CCCC2C#N)C(N)=Nc2ccc(C)cc2)C1. The largest absolute Gasteiger partial charge is 0.402 e. The van der Waals surface area contributed by atoms with E-state index in [0.29, 0.717) is 30.3 Å². The van der Waals surface area contributed by atoms with Gasteiger partial charge >= 0.3 is 0 Å². The number of aryl methyl sites for hydroxylation is 2. The molecule has 0 aromatic heterocycles. The summed E-state index contributed by atoms with van der Waals surface area (Å²) in [4.78, 5) is 32.2. The maximum absolute atomic E-state index is 13.2. The van der Waals surface area contributed by atoms with Crippen LogP contribution in [0.15, 0.2) is 59.7 Å². The quantitative estimate of drug-likeness (QED) is 0.244. The van der Waals surface area contributed by atoms with Crippen molar-refractivity contribution in [2.45, 2.75) is 82.7 Å². The van der Waals surface area contributed by atoms with Crippen LogP contribution in [0.3, 0.4) is 0 Å². The lowest BCUT2D eigenvalue weighted by molar-refractivity contribution is -0.130. The average molecular weight is 610 g/mol. The molecule has 4 unspecified atom stereocenters. The lowest BCUT2D eigenvalue weighted by atomic mass is 9.56. The number of amidine groups is 1. The van der Waals surface area contributed by atoms with Crippen LogP contribution in [0.5, 0.6) is 0 Å². The minimum Gasteiger partial charge on any atom is -0.402 e. The van der Waals surface area contributed by atoms with Crippen LogP contribution < -0.4 is 22.5 Å². The van der Waals surface area contributed by atoms with Crippen LogP contribution in [0.1, 0.15) is 78.9 Å². The summed E-state index contributed by atoms with van der Waals surface area (Å²) in [6.07, 6.45) is 6.60. The number of benzene rings is 2. The monoisotopic (exact) mass is 609 g/mol. The number of hydrogen-bond donors (Lipinski definition) is 4. The first-order valence-corrected chi connectivity index (χ1v) is 16.2. The molecule has 0 radical (unpaired) electrons. The highest BCUT2D eigenvalue weighted by molar-refractivity contribution is 5.96. The van der Waals surface area contributed by atoms with Gasteiger partial charge in [-0.25, -0.2) is 4.99 Å². The number of amides is 2. The van der Waals surface area contributed by atoms with E-state index in [1.54, 1.807) is 11.0 Å². The van der Waals surface area contributed by atoms with Gasteiger partial charge < -0.3 is 27.4 Å². The first-order valence-electron chi connectivity index (χ1n) is 16.2. The van der Waals surface area contributed by atoms with Gasteiger partial charge in [0.05, 0.1) is 23.7 Å². The van der Waals surface area contributed by atoms with Crippen LogP contribution in [0, 0.1) is 36.0 Å². The molecule has 5 rings (SSSR count). The predicted octanol–water partition coefficient (Wildman–Crippen LogP) is 4.35. The van der Waals surface area contributed by atoms with Crippen molar-refractivity contribution < 1.29 is 9.59 Å². The van der Waals surface area contributed by atoms with Crippen molar-refractivity contribution in [3.05, 3.63) is 77.0 Å². The minimum atomic E-state index is -0.684. The summed E-state index contributed by atoms with van der Waals surface area (Å²) in [5.41, 5.74) is 23.8. The summed E-state index contributed by atoms with van der Waals surface area (Å²) < 4.78 is 0. The van der Waals surface area contributed by atoms with Crippen molar-refractivity contribution in [1.29, 1.82) is 5.26 Å². The molecule has 2 aromatic rings. The number of nitrogens with zero attached hydrogens (tertiary/aromatic N) is 3. The maximum atomic E-state index is 13.2. The zero-order chi connectivity index (χ0) is 32.3. The Morgan fingerprint density at radius 2 is 1.89 bits per heavy atom. The normalized spacial score (nSPS) is 27.0. The van der Waals surface area contributed by atoms with Gasteiger partial charge in [0, 0.05) is 23.8 Å². The Balaban J connectivity index is 1.59. The lowest BCUT2D eigenvalue weighted by Gasteiger charge is -2.48. The summed E-state index contributed by atoms with van der Waals surface area (Å²) in [5, 5.41) is 13.0. The second-order valence-corrected chi connectivity index (χ2v) is 13.4. The summed E-state index contributed by atoms with van der Waals surface area (Å²) in [5.74, 6) is 0.707. The molecule has 7 N–H and O–H groups in total. The number of aliphatic imine (C=N–C) groups is 1. The van der Waals surface area contributed by atoms with Gasteiger partial charge in [-0.05, 0) is 118 Å². The zero-order valence-electron chi connectivity index (χ0n) is 26.6. The highest BCUT2D eigenvalue weighted by Gasteiger charge is 2.52. The summed E-state index contributed by atoms with van der Waals surface area (Å²) in [6.45, 7) is 8.97. The van der Waals surface area contributed by atoms with E-state index in [4.69, 9.17) is 22.2 Å². The molecule has 6 atom stereocenters. The van der Waals surface area contributed by atoms with E-state index in [1.807, 2.05) is 43.3 Å². The van der Waals surface area contributed by atoms with E-state index in [9.17, 15) is 14.9 Å². The van der Waals surface area contributed by atoms with Crippen LogP contribution in [0.2, 0.25) is 0 Å². The van der Waals surface area contributed by atoms with Gasteiger partial charge in [0.25, 0.3) is 0 Å². The Hall–Kier alpha value is -4.16. The van der Waals surface area contributed by atoms with Crippen LogP contribution in [0.4, 0.5) is 5.69 Å². The number of likely N-dealkylation sites (tertiary alicyclic amines) is 1. The zero-order valence-corrected chi connectivity index (χ0v) is 26.6. The number of carbonyl (C=O) groups excluding carboxylic acids is 2. The fourth-order valence-corrected chi connectivity index (χ4v) is 8.17. The molecule has 9 nitrogen and oxygen atoms in total. The molecule has 45 heavy (non-hydrogen) atoms. The van der Waals surface area contributed by atoms with E-state index >= 15 is 0 Å². The number of primary amides is 1. The summed E-state index contributed by atoms with van der Waals surface area (Å²) >= 11 is 0. The number of fused-ring (bicyclic) bond motifs is 2. The molecule has 0 spiro atoms.